The molecule has 0 spiro atoms. The fourth-order valence-corrected chi connectivity index (χ4v) is 8.63. The van der Waals surface area contributed by atoms with Gasteiger partial charge in [-0.05, 0) is 69.4 Å². The van der Waals surface area contributed by atoms with Crippen LogP contribution in [0.5, 0.6) is 5.88 Å². The second kappa shape index (κ2) is 12.2. The van der Waals surface area contributed by atoms with E-state index in [2.05, 4.69) is 31.9 Å². The van der Waals surface area contributed by atoms with Crippen LogP contribution in [0, 0.1) is 42.8 Å². The number of nitriles is 1. The molecule has 3 unspecified atom stereocenters. The van der Waals surface area contributed by atoms with Gasteiger partial charge in [0.1, 0.15) is 5.52 Å². The van der Waals surface area contributed by atoms with Crippen molar-refractivity contribution >= 4 is 56.6 Å². The fraction of sp³-hybridized carbons (Fsp3) is 0.368. The van der Waals surface area contributed by atoms with Gasteiger partial charge in [-0.15, -0.1) is 0 Å². The summed E-state index contributed by atoms with van der Waals surface area (Å²) in [6.07, 6.45) is 5.07. The average Bonchev–Trinajstić information content (AvgIpc) is 3.80. The zero-order valence-electron chi connectivity index (χ0n) is 27.5. The van der Waals surface area contributed by atoms with Crippen LogP contribution in [0.15, 0.2) is 42.6 Å². The number of piperidine rings is 1. The van der Waals surface area contributed by atoms with Gasteiger partial charge < -0.3 is 19.5 Å². The third-order valence-corrected chi connectivity index (χ3v) is 11.4. The number of hydrogen-bond donors (Lipinski definition) is 1. The summed E-state index contributed by atoms with van der Waals surface area (Å²) >= 11 is 13.0. The predicted molar refractivity (Wildman–Crippen MR) is 190 cm³/mol. The highest BCUT2D eigenvalue weighted by molar-refractivity contribution is 6.43. The zero-order chi connectivity index (χ0) is 34.1. The molecule has 8 nitrogen and oxygen atoms in total. The Morgan fingerprint density at radius 3 is 2.73 bits per heavy atom. The molecule has 2 saturated heterocycles. The molecular weight excluding hydrogens is 662 g/mol. The van der Waals surface area contributed by atoms with Crippen molar-refractivity contribution in [1.82, 2.24) is 19.9 Å². The highest BCUT2D eigenvalue weighted by Gasteiger charge is 2.52. The van der Waals surface area contributed by atoms with E-state index in [-0.39, 0.29) is 46.8 Å². The van der Waals surface area contributed by atoms with Crippen LogP contribution in [0.2, 0.25) is 10.0 Å². The van der Waals surface area contributed by atoms with Crippen molar-refractivity contribution < 1.29 is 13.9 Å². The molecule has 8 rings (SSSR count). The highest BCUT2D eigenvalue weighted by Crippen LogP contribution is 2.49. The normalized spacial score (nSPS) is 20.3. The number of H-pyrrole nitrogens is 1. The standard InChI is InChI=1S/C38H35Cl2FN6O2/c1-19-30(11-13-43-37(19)49-3)46-17-23-14-24(18-46)47(38(48)21-9-10-21)36(23)29-16-26-20(2)44-35-27(34(26)45-29)15-22(6-5-12-42)31(33(35)41)25-7-4-8-28(39)32(25)40/h4,7-8,11,13,15-16,21,23-24,36,45H,5-6,9-10,14,17-18H2,1-3H3. The van der Waals surface area contributed by atoms with Crippen LogP contribution in [0.3, 0.4) is 0 Å². The Balaban J connectivity index is 1.27. The topological polar surface area (TPSA) is 98.1 Å². The van der Waals surface area contributed by atoms with Crippen LogP contribution < -0.4 is 9.64 Å². The minimum Gasteiger partial charge on any atom is -0.481 e. The summed E-state index contributed by atoms with van der Waals surface area (Å²) in [5, 5.41) is 11.6. The first-order valence-corrected chi connectivity index (χ1v) is 17.5. The van der Waals surface area contributed by atoms with Crippen LogP contribution >= 0.6 is 23.2 Å². The van der Waals surface area contributed by atoms with Crippen LogP contribution in [0.25, 0.3) is 32.9 Å². The number of nitrogens with one attached hydrogen (secondary N) is 1. The highest BCUT2D eigenvalue weighted by atomic mass is 35.5. The molecule has 3 fully saturated rings. The molecule has 250 valence electrons. The molecule has 2 bridgehead atoms. The summed E-state index contributed by atoms with van der Waals surface area (Å²) < 4.78 is 22.3. The van der Waals surface area contributed by atoms with E-state index < -0.39 is 5.82 Å². The largest absolute Gasteiger partial charge is 0.481 e. The number of benzene rings is 2. The number of ether oxygens (including phenoxy) is 1. The van der Waals surface area contributed by atoms with E-state index in [0.29, 0.717) is 45.1 Å². The van der Waals surface area contributed by atoms with Crippen molar-refractivity contribution in [1.29, 1.82) is 5.26 Å². The molecule has 3 aliphatic rings. The van der Waals surface area contributed by atoms with Crippen molar-refractivity contribution in [3.05, 3.63) is 81.0 Å². The maximum atomic E-state index is 16.8. The Morgan fingerprint density at radius 2 is 1.98 bits per heavy atom. The van der Waals surface area contributed by atoms with E-state index in [1.165, 1.54) is 0 Å². The molecule has 11 heteroatoms. The number of anilines is 1. The molecule has 1 amide bonds. The van der Waals surface area contributed by atoms with E-state index in [1.807, 2.05) is 26.0 Å². The molecule has 2 aliphatic heterocycles. The molecule has 5 aromatic rings. The Hall–Kier alpha value is -4.39. The number of pyridine rings is 2. The Morgan fingerprint density at radius 1 is 1.16 bits per heavy atom. The van der Waals surface area contributed by atoms with E-state index in [0.717, 1.165) is 60.2 Å². The minimum absolute atomic E-state index is 0.0535. The van der Waals surface area contributed by atoms with E-state index in [9.17, 15) is 10.1 Å². The number of fused-ring (bicyclic) bond motifs is 5. The summed E-state index contributed by atoms with van der Waals surface area (Å²) in [6, 6.07) is 13.3. The van der Waals surface area contributed by atoms with Crippen LogP contribution in [-0.4, -0.2) is 52.0 Å². The first kappa shape index (κ1) is 31.9. The number of carbonyl (C=O) groups is 1. The smallest absolute Gasteiger partial charge is 0.226 e. The molecule has 2 aromatic carbocycles. The summed E-state index contributed by atoms with van der Waals surface area (Å²) in [7, 11) is 1.63. The number of likely N-dealkylation sites (tertiary alicyclic amines) is 1. The molecule has 49 heavy (non-hydrogen) atoms. The van der Waals surface area contributed by atoms with Crippen LogP contribution in [0.1, 0.15) is 54.2 Å². The SMILES string of the molecule is COc1nccc(N2CC3CC(C2)N(C(=O)C2CC2)C3c2cc3c(C)nc4c(F)c(-c5cccc(Cl)c5Cl)c(CCC#N)cc4c3[nH]2)c1C. The van der Waals surface area contributed by atoms with Crippen molar-refractivity contribution in [3.63, 3.8) is 0 Å². The van der Waals surface area contributed by atoms with Gasteiger partial charge in [0.15, 0.2) is 5.82 Å². The van der Waals surface area contributed by atoms with Crippen molar-refractivity contribution in [2.24, 2.45) is 11.8 Å². The number of hydrogen-bond acceptors (Lipinski definition) is 6. The number of carbonyl (C=O) groups excluding carboxylic acids is 1. The summed E-state index contributed by atoms with van der Waals surface area (Å²) in [5.74, 6) is 0.559. The van der Waals surface area contributed by atoms with Gasteiger partial charge in [-0.25, -0.2) is 14.4 Å². The lowest BCUT2D eigenvalue weighted by Gasteiger charge is -2.35. The molecule has 3 atom stereocenters. The molecule has 1 saturated carbocycles. The third kappa shape index (κ3) is 5.19. The van der Waals surface area contributed by atoms with Gasteiger partial charge in [-0.3, -0.25) is 4.79 Å². The van der Waals surface area contributed by atoms with Gasteiger partial charge in [-0.2, -0.15) is 5.26 Å². The number of amides is 1. The quantitative estimate of drug-likeness (QED) is 0.183. The number of nitrogens with zero attached hydrogens (tertiary/aromatic N) is 5. The maximum Gasteiger partial charge on any atom is 0.226 e. The minimum atomic E-state index is -0.503. The summed E-state index contributed by atoms with van der Waals surface area (Å²) in [5.41, 5.74) is 6.07. The number of aromatic amines is 1. The van der Waals surface area contributed by atoms with Crippen LogP contribution in [-0.2, 0) is 11.2 Å². The van der Waals surface area contributed by atoms with Gasteiger partial charge in [-0.1, -0.05) is 35.3 Å². The van der Waals surface area contributed by atoms with Gasteiger partial charge in [0, 0.05) is 82.1 Å². The number of aryl methyl sites for hydroxylation is 2. The molecule has 0 radical (unpaired) electrons. The average molecular weight is 698 g/mol. The molecule has 3 aromatic heterocycles. The van der Waals surface area contributed by atoms with Gasteiger partial charge in [0.2, 0.25) is 11.8 Å². The number of aromatic nitrogens is 3. The lowest BCUT2D eigenvalue weighted by atomic mass is 9.92. The first-order chi connectivity index (χ1) is 23.7. The fourth-order valence-electron chi connectivity index (χ4n) is 8.24. The first-order valence-electron chi connectivity index (χ1n) is 16.7. The van der Waals surface area contributed by atoms with Crippen molar-refractivity contribution in [2.75, 3.05) is 25.1 Å². The van der Waals surface area contributed by atoms with Crippen molar-refractivity contribution in [3.8, 4) is 23.1 Å². The molecule has 1 N–H and O–H groups in total. The summed E-state index contributed by atoms with van der Waals surface area (Å²) in [6.45, 7) is 5.41. The number of methoxy groups -OCH3 is 1. The Kier molecular flexibility index (Phi) is 7.92. The zero-order valence-corrected chi connectivity index (χ0v) is 29.0. The van der Waals surface area contributed by atoms with E-state index in [4.69, 9.17) is 32.9 Å². The summed E-state index contributed by atoms with van der Waals surface area (Å²) in [4.78, 5) is 31.4. The molecule has 5 heterocycles. The predicted octanol–water partition coefficient (Wildman–Crippen LogP) is 8.49. The maximum absolute atomic E-state index is 16.8. The number of halogens is 3. The molecular formula is C38H35Cl2FN6O2. The lowest BCUT2D eigenvalue weighted by molar-refractivity contribution is -0.135. The lowest BCUT2D eigenvalue weighted by Crippen LogP contribution is -2.45. The third-order valence-electron chi connectivity index (χ3n) is 10.6. The van der Waals surface area contributed by atoms with Gasteiger partial charge in [0.05, 0.1) is 40.8 Å². The van der Waals surface area contributed by atoms with E-state index >= 15 is 4.39 Å². The van der Waals surface area contributed by atoms with Gasteiger partial charge >= 0.3 is 0 Å². The Labute approximate surface area is 293 Å². The van der Waals surface area contributed by atoms with Crippen LogP contribution in [0.4, 0.5) is 10.1 Å². The van der Waals surface area contributed by atoms with Crippen molar-refractivity contribution in [2.45, 2.75) is 58.0 Å². The second-order valence-corrected chi connectivity index (χ2v) is 14.4. The monoisotopic (exact) mass is 696 g/mol. The Bertz CT molecular complexity index is 2210. The molecule has 1 aliphatic carbocycles. The second-order valence-electron chi connectivity index (χ2n) is 13.6. The van der Waals surface area contributed by atoms with Gasteiger partial charge in [0.25, 0.3) is 0 Å². The van der Waals surface area contributed by atoms with E-state index in [1.54, 1.807) is 31.5 Å². The number of rotatable bonds is 7.